The molecule has 2 aliphatic heterocycles. The zero-order valence-electron chi connectivity index (χ0n) is 17.3. The lowest BCUT2D eigenvalue weighted by Gasteiger charge is -2.42. The number of rotatable bonds is 4. The number of aromatic nitrogens is 2. The highest BCUT2D eigenvalue weighted by Gasteiger charge is 2.44. The minimum Gasteiger partial charge on any atom is -0.474 e. The Morgan fingerprint density at radius 2 is 1.79 bits per heavy atom. The maximum absolute atomic E-state index is 13.6. The van der Waals surface area contributed by atoms with Crippen LogP contribution in [0.25, 0.3) is 0 Å². The van der Waals surface area contributed by atoms with Crippen LogP contribution in [-0.2, 0) is 14.9 Å². The highest BCUT2D eigenvalue weighted by Crippen LogP contribution is 2.37. The van der Waals surface area contributed by atoms with Crippen molar-refractivity contribution in [1.82, 2.24) is 14.9 Å². The molecule has 0 unspecified atom stereocenters. The minimum atomic E-state index is -0.464. The van der Waals surface area contributed by atoms with Crippen LogP contribution in [0.5, 0.6) is 5.88 Å². The largest absolute Gasteiger partial charge is 0.474 e. The van der Waals surface area contributed by atoms with Crippen molar-refractivity contribution >= 4 is 5.91 Å². The first-order chi connectivity index (χ1) is 14.1. The van der Waals surface area contributed by atoms with Crippen molar-refractivity contribution in [3.63, 3.8) is 0 Å². The Hall–Kier alpha value is -2.47. The first-order valence-corrected chi connectivity index (χ1v) is 10.5. The normalized spacial score (nSPS) is 19.7. The number of carbonyl (C=O) groups excluding carboxylic acids is 1. The molecule has 2 fully saturated rings. The van der Waals surface area contributed by atoms with Gasteiger partial charge in [0.1, 0.15) is 11.9 Å². The molecule has 0 radical (unpaired) electrons. The summed E-state index contributed by atoms with van der Waals surface area (Å²) in [6.07, 6.45) is 3.19. The van der Waals surface area contributed by atoms with Crippen molar-refractivity contribution in [1.29, 1.82) is 0 Å². The van der Waals surface area contributed by atoms with Crippen LogP contribution in [0, 0.1) is 13.8 Å². The first kappa shape index (κ1) is 19.8. The lowest BCUT2D eigenvalue weighted by Crippen LogP contribution is -2.53. The predicted octanol–water partition coefficient (Wildman–Crippen LogP) is 3.21. The topological polar surface area (TPSA) is 64.5 Å². The van der Waals surface area contributed by atoms with E-state index in [0.29, 0.717) is 32.2 Å². The number of ether oxygens (including phenoxy) is 2. The summed E-state index contributed by atoms with van der Waals surface area (Å²) in [4.78, 5) is 24.3. The highest BCUT2D eigenvalue weighted by atomic mass is 16.5. The number of benzene rings is 1. The van der Waals surface area contributed by atoms with E-state index in [1.165, 1.54) is 0 Å². The SMILES string of the molecule is Cc1cc(OC2CCN(C(=O)C3(c4ccccc4)CCOCC3)CC2)nc(C)n1. The third-order valence-electron chi connectivity index (χ3n) is 6.04. The number of aryl methyl sites for hydroxylation is 2. The summed E-state index contributed by atoms with van der Waals surface area (Å²) in [5.41, 5.74) is 1.55. The van der Waals surface area contributed by atoms with Crippen LogP contribution in [0.15, 0.2) is 36.4 Å². The number of piperidine rings is 1. The summed E-state index contributed by atoms with van der Waals surface area (Å²) in [5, 5.41) is 0. The lowest BCUT2D eigenvalue weighted by atomic mass is 9.72. The average Bonchev–Trinajstić information content (AvgIpc) is 2.74. The summed E-state index contributed by atoms with van der Waals surface area (Å²) in [7, 11) is 0. The molecule has 4 rings (SSSR count). The molecule has 6 heteroatoms. The van der Waals surface area contributed by atoms with Crippen molar-refractivity contribution in [3.05, 3.63) is 53.5 Å². The van der Waals surface area contributed by atoms with Gasteiger partial charge in [-0.1, -0.05) is 30.3 Å². The molecule has 1 aromatic heterocycles. The maximum atomic E-state index is 13.6. The van der Waals surface area contributed by atoms with Gasteiger partial charge in [0, 0.05) is 50.9 Å². The average molecular weight is 396 g/mol. The van der Waals surface area contributed by atoms with E-state index in [-0.39, 0.29) is 12.0 Å². The van der Waals surface area contributed by atoms with Crippen molar-refractivity contribution in [3.8, 4) is 5.88 Å². The van der Waals surface area contributed by atoms with Crippen LogP contribution in [0.3, 0.4) is 0 Å². The molecule has 0 bridgehead atoms. The molecule has 3 heterocycles. The molecule has 0 aliphatic carbocycles. The number of likely N-dealkylation sites (tertiary alicyclic amines) is 1. The molecule has 1 amide bonds. The zero-order valence-corrected chi connectivity index (χ0v) is 17.3. The van der Waals surface area contributed by atoms with Crippen LogP contribution < -0.4 is 4.74 Å². The summed E-state index contributed by atoms with van der Waals surface area (Å²) in [6.45, 7) is 6.50. The molecule has 0 atom stereocenters. The van der Waals surface area contributed by atoms with Crippen molar-refractivity contribution in [2.24, 2.45) is 0 Å². The Bertz CT molecular complexity index is 821. The van der Waals surface area contributed by atoms with Gasteiger partial charge < -0.3 is 14.4 Å². The molecule has 2 aliphatic rings. The number of nitrogens with zero attached hydrogens (tertiary/aromatic N) is 3. The fourth-order valence-corrected chi connectivity index (χ4v) is 4.50. The van der Waals surface area contributed by atoms with Crippen LogP contribution in [0.1, 0.15) is 42.8 Å². The molecule has 0 spiro atoms. The Balaban J connectivity index is 1.43. The van der Waals surface area contributed by atoms with E-state index in [4.69, 9.17) is 9.47 Å². The fourth-order valence-electron chi connectivity index (χ4n) is 4.50. The van der Waals surface area contributed by atoms with Gasteiger partial charge in [0.15, 0.2) is 0 Å². The van der Waals surface area contributed by atoms with Gasteiger partial charge in [-0.3, -0.25) is 4.79 Å². The molecular weight excluding hydrogens is 366 g/mol. The maximum Gasteiger partial charge on any atom is 0.233 e. The van der Waals surface area contributed by atoms with Gasteiger partial charge in [-0.25, -0.2) is 4.98 Å². The van der Waals surface area contributed by atoms with E-state index in [1.54, 1.807) is 0 Å². The van der Waals surface area contributed by atoms with E-state index in [9.17, 15) is 4.79 Å². The fraction of sp³-hybridized carbons (Fsp3) is 0.522. The van der Waals surface area contributed by atoms with Crippen molar-refractivity contribution in [2.45, 2.75) is 51.0 Å². The minimum absolute atomic E-state index is 0.0788. The lowest BCUT2D eigenvalue weighted by molar-refractivity contribution is -0.143. The van der Waals surface area contributed by atoms with E-state index in [0.717, 1.165) is 42.8 Å². The van der Waals surface area contributed by atoms with E-state index in [2.05, 4.69) is 22.1 Å². The molecule has 0 N–H and O–H groups in total. The molecule has 29 heavy (non-hydrogen) atoms. The van der Waals surface area contributed by atoms with Crippen LogP contribution in [0.2, 0.25) is 0 Å². The van der Waals surface area contributed by atoms with Crippen LogP contribution in [-0.4, -0.2) is 53.2 Å². The number of hydrogen-bond donors (Lipinski definition) is 0. The quantitative estimate of drug-likeness (QED) is 0.795. The number of carbonyl (C=O) groups is 1. The second kappa shape index (κ2) is 8.49. The van der Waals surface area contributed by atoms with Gasteiger partial charge in [-0.05, 0) is 32.3 Å². The zero-order chi connectivity index (χ0) is 20.3. The standard InChI is InChI=1S/C23H29N3O3/c1-17-16-21(25-18(2)24-17)29-20-8-12-26(13-9-20)22(27)23(10-14-28-15-11-23)19-6-4-3-5-7-19/h3-7,16,20H,8-15H2,1-2H3. The summed E-state index contributed by atoms with van der Waals surface area (Å²) in [5.74, 6) is 1.58. The summed E-state index contributed by atoms with van der Waals surface area (Å²) in [6, 6.07) is 12.1. The monoisotopic (exact) mass is 395 g/mol. The van der Waals surface area contributed by atoms with Crippen LogP contribution >= 0.6 is 0 Å². The molecular formula is C23H29N3O3. The van der Waals surface area contributed by atoms with Gasteiger partial charge in [-0.15, -0.1) is 0 Å². The Morgan fingerprint density at radius 3 is 2.45 bits per heavy atom. The Morgan fingerprint density at radius 1 is 1.10 bits per heavy atom. The van der Waals surface area contributed by atoms with Gasteiger partial charge in [-0.2, -0.15) is 4.98 Å². The molecule has 2 aromatic rings. The number of hydrogen-bond acceptors (Lipinski definition) is 5. The summed E-state index contributed by atoms with van der Waals surface area (Å²) < 4.78 is 11.7. The third kappa shape index (κ3) is 4.27. The van der Waals surface area contributed by atoms with E-state index < -0.39 is 5.41 Å². The number of amides is 1. The van der Waals surface area contributed by atoms with Gasteiger partial charge in [0.25, 0.3) is 0 Å². The predicted molar refractivity (Wildman–Crippen MR) is 110 cm³/mol. The van der Waals surface area contributed by atoms with Crippen LogP contribution in [0.4, 0.5) is 0 Å². The molecule has 6 nitrogen and oxygen atoms in total. The van der Waals surface area contributed by atoms with Gasteiger partial charge >= 0.3 is 0 Å². The second-order valence-electron chi connectivity index (χ2n) is 8.06. The van der Waals surface area contributed by atoms with Crippen molar-refractivity contribution < 1.29 is 14.3 Å². The molecule has 0 saturated carbocycles. The smallest absolute Gasteiger partial charge is 0.233 e. The third-order valence-corrected chi connectivity index (χ3v) is 6.04. The first-order valence-electron chi connectivity index (χ1n) is 10.5. The highest BCUT2D eigenvalue weighted by molar-refractivity contribution is 5.88. The molecule has 1 aromatic carbocycles. The van der Waals surface area contributed by atoms with Crippen molar-refractivity contribution in [2.75, 3.05) is 26.3 Å². The second-order valence-corrected chi connectivity index (χ2v) is 8.06. The molecule has 154 valence electrons. The Labute approximate surface area is 172 Å². The molecule has 2 saturated heterocycles. The van der Waals surface area contributed by atoms with E-state index >= 15 is 0 Å². The van der Waals surface area contributed by atoms with Gasteiger partial charge in [0.05, 0.1) is 5.41 Å². The van der Waals surface area contributed by atoms with E-state index in [1.807, 2.05) is 43.0 Å². The van der Waals surface area contributed by atoms with Gasteiger partial charge in [0.2, 0.25) is 11.8 Å². The Kier molecular flexibility index (Phi) is 5.81. The summed E-state index contributed by atoms with van der Waals surface area (Å²) >= 11 is 0.